The highest BCUT2D eigenvalue weighted by Crippen LogP contribution is 2.09. The molecule has 1 aromatic heterocycles. The fourth-order valence-corrected chi connectivity index (χ4v) is 2.61. The molecule has 0 aliphatic rings. The molecular weight excluding hydrogens is 358 g/mol. The first-order chi connectivity index (χ1) is 13.6. The zero-order chi connectivity index (χ0) is 19.9. The van der Waals surface area contributed by atoms with Crippen LogP contribution in [0.4, 0.5) is 0 Å². The van der Waals surface area contributed by atoms with E-state index in [1.54, 1.807) is 61.7 Å². The largest absolute Gasteiger partial charge is 0.383 e. The number of para-hydroxylation sites is 1. The summed E-state index contributed by atoms with van der Waals surface area (Å²) in [5, 5.41) is 3.16. The molecule has 3 rings (SSSR count). The van der Waals surface area contributed by atoms with Gasteiger partial charge in [0, 0.05) is 19.2 Å². The molecule has 0 aliphatic carbocycles. The number of rotatable bonds is 7. The zero-order valence-corrected chi connectivity index (χ0v) is 15.3. The number of carbonyl (C=O) groups excluding carboxylic acids is 2. The molecular formula is C21H19N3O4. The van der Waals surface area contributed by atoms with Crippen LogP contribution >= 0.6 is 0 Å². The molecule has 0 bridgehead atoms. The van der Waals surface area contributed by atoms with Gasteiger partial charge in [0.15, 0.2) is 5.82 Å². The Labute approximate surface area is 161 Å². The predicted molar refractivity (Wildman–Crippen MR) is 106 cm³/mol. The number of fused-ring (bicyclic) bond motifs is 1. The van der Waals surface area contributed by atoms with E-state index in [1.165, 1.54) is 6.08 Å². The topological polar surface area (TPSA) is 101 Å². The lowest BCUT2D eigenvalue weighted by molar-refractivity contribution is 0.0936. The number of amides is 1. The van der Waals surface area contributed by atoms with Gasteiger partial charge >= 0.3 is 0 Å². The monoisotopic (exact) mass is 377 g/mol. The van der Waals surface area contributed by atoms with Gasteiger partial charge in [-0.3, -0.25) is 14.4 Å². The fraction of sp³-hybridized carbons (Fsp3) is 0.143. The van der Waals surface area contributed by atoms with Crippen molar-refractivity contribution in [3.8, 4) is 0 Å². The average molecular weight is 377 g/mol. The van der Waals surface area contributed by atoms with Crippen LogP contribution in [0.25, 0.3) is 17.0 Å². The van der Waals surface area contributed by atoms with Gasteiger partial charge in [-0.1, -0.05) is 30.3 Å². The number of hydrogen-bond acceptors (Lipinski definition) is 5. The fourth-order valence-electron chi connectivity index (χ4n) is 2.61. The summed E-state index contributed by atoms with van der Waals surface area (Å²) in [7, 11) is 1.56. The Hall–Kier alpha value is -3.58. The number of nitrogens with zero attached hydrogens (tertiary/aromatic N) is 1. The molecule has 0 spiro atoms. The maximum Gasteiger partial charge on any atom is 0.259 e. The van der Waals surface area contributed by atoms with Crippen LogP contribution in [0.3, 0.4) is 0 Å². The maximum absolute atomic E-state index is 12.4. The minimum absolute atomic E-state index is 0.0339. The van der Waals surface area contributed by atoms with Gasteiger partial charge in [-0.2, -0.15) is 0 Å². The van der Waals surface area contributed by atoms with Gasteiger partial charge in [-0.25, -0.2) is 4.98 Å². The normalized spacial score (nSPS) is 11.0. The third-order valence-corrected chi connectivity index (χ3v) is 4.01. The third-order valence-electron chi connectivity index (χ3n) is 4.01. The van der Waals surface area contributed by atoms with Crippen LogP contribution in [0.2, 0.25) is 0 Å². The first-order valence-electron chi connectivity index (χ1n) is 8.67. The van der Waals surface area contributed by atoms with Crippen molar-refractivity contribution in [2.24, 2.45) is 0 Å². The minimum atomic E-state index is -0.433. The van der Waals surface area contributed by atoms with Crippen LogP contribution in [0.5, 0.6) is 0 Å². The lowest BCUT2D eigenvalue weighted by Gasteiger charge is -2.05. The van der Waals surface area contributed by atoms with Crippen molar-refractivity contribution in [3.05, 3.63) is 81.9 Å². The second kappa shape index (κ2) is 8.88. The van der Waals surface area contributed by atoms with Crippen molar-refractivity contribution in [3.63, 3.8) is 0 Å². The van der Waals surface area contributed by atoms with E-state index in [-0.39, 0.29) is 17.3 Å². The minimum Gasteiger partial charge on any atom is -0.383 e. The van der Waals surface area contributed by atoms with Gasteiger partial charge in [-0.15, -0.1) is 0 Å². The number of carbonyl (C=O) groups is 2. The molecule has 0 radical (unpaired) electrons. The van der Waals surface area contributed by atoms with Crippen LogP contribution < -0.4 is 10.9 Å². The number of aromatic nitrogens is 2. The first kappa shape index (κ1) is 19.2. The van der Waals surface area contributed by atoms with Crippen molar-refractivity contribution in [1.29, 1.82) is 0 Å². The lowest BCUT2D eigenvalue weighted by atomic mass is 10.1. The molecule has 7 nitrogen and oxygen atoms in total. The van der Waals surface area contributed by atoms with Crippen molar-refractivity contribution in [2.45, 2.75) is 0 Å². The van der Waals surface area contributed by atoms with E-state index in [0.29, 0.717) is 35.2 Å². The van der Waals surface area contributed by atoms with Crippen LogP contribution in [0.15, 0.2) is 59.4 Å². The van der Waals surface area contributed by atoms with Crippen LogP contribution in [0.1, 0.15) is 26.5 Å². The number of methoxy groups -OCH3 is 1. The maximum atomic E-state index is 12.4. The number of aromatic amines is 1. The van der Waals surface area contributed by atoms with Crippen LogP contribution in [0, 0.1) is 0 Å². The molecule has 0 aliphatic heterocycles. The molecule has 0 fully saturated rings. The van der Waals surface area contributed by atoms with E-state index in [0.717, 1.165) is 0 Å². The standard InChI is InChI=1S/C21H19N3O4/c1-28-12-11-22-20(26)15-6-4-5-14(13-15)9-10-18(25)19-23-17-8-3-2-7-16(17)21(27)24-19/h2-10,13H,11-12H2,1H3,(H,22,26)(H,23,24,27)/b10-9+. The highest BCUT2D eigenvalue weighted by Gasteiger charge is 2.09. The van der Waals surface area contributed by atoms with Crippen molar-refractivity contribution in [1.82, 2.24) is 15.3 Å². The van der Waals surface area contributed by atoms with E-state index < -0.39 is 5.78 Å². The molecule has 0 saturated carbocycles. The Morgan fingerprint density at radius 1 is 1.18 bits per heavy atom. The molecule has 3 aromatic rings. The summed E-state index contributed by atoms with van der Waals surface area (Å²) in [6, 6.07) is 13.7. The number of allylic oxidation sites excluding steroid dienone is 1. The SMILES string of the molecule is COCCNC(=O)c1cccc(/C=C/C(=O)c2nc3ccccc3c(=O)[nH]2)c1. The number of hydrogen-bond donors (Lipinski definition) is 2. The van der Waals surface area contributed by atoms with E-state index >= 15 is 0 Å². The number of ketones is 1. The summed E-state index contributed by atoms with van der Waals surface area (Å²) < 4.78 is 4.90. The van der Waals surface area contributed by atoms with Crippen molar-refractivity contribution < 1.29 is 14.3 Å². The number of ether oxygens (including phenoxy) is 1. The zero-order valence-electron chi connectivity index (χ0n) is 15.3. The molecule has 0 saturated heterocycles. The number of nitrogens with one attached hydrogen (secondary N) is 2. The predicted octanol–water partition coefficient (Wildman–Crippen LogP) is 2.20. The summed E-state index contributed by atoms with van der Waals surface area (Å²) in [6.45, 7) is 0.839. The van der Waals surface area contributed by atoms with E-state index in [1.807, 2.05) is 0 Å². The molecule has 28 heavy (non-hydrogen) atoms. The second-order valence-electron chi connectivity index (χ2n) is 6.00. The molecule has 1 amide bonds. The van der Waals surface area contributed by atoms with Crippen molar-refractivity contribution >= 4 is 28.7 Å². The summed E-state index contributed by atoms with van der Waals surface area (Å²) in [6.07, 6.45) is 2.89. The molecule has 2 aromatic carbocycles. The third kappa shape index (κ3) is 4.57. The molecule has 7 heteroatoms. The van der Waals surface area contributed by atoms with E-state index in [2.05, 4.69) is 15.3 Å². The molecule has 142 valence electrons. The van der Waals surface area contributed by atoms with Gasteiger partial charge < -0.3 is 15.0 Å². The van der Waals surface area contributed by atoms with Gasteiger partial charge in [-0.05, 0) is 35.9 Å². The summed E-state index contributed by atoms with van der Waals surface area (Å²) >= 11 is 0. The van der Waals surface area contributed by atoms with Gasteiger partial charge in [0.25, 0.3) is 11.5 Å². The van der Waals surface area contributed by atoms with Crippen molar-refractivity contribution in [2.75, 3.05) is 20.3 Å². The highest BCUT2D eigenvalue weighted by molar-refractivity contribution is 6.05. The molecule has 2 N–H and O–H groups in total. The summed E-state index contributed by atoms with van der Waals surface area (Å²) in [5.41, 5.74) is 1.24. The van der Waals surface area contributed by atoms with Crippen LogP contribution in [-0.2, 0) is 4.74 Å². The number of H-pyrrole nitrogens is 1. The van der Waals surface area contributed by atoms with E-state index in [9.17, 15) is 14.4 Å². The first-order valence-corrected chi connectivity index (χ1v) is 8.67. The highest BCUT2D eigenvalue weighted by atomic mass is 16.5. The Morgan fingerprint density at radius 2 is 2.00 bits per heavy atom. The molecule has 1 heterocycles. The average Bonchev–Trinajstić information content (AvgIpc) is 2.72. The van der Waals surface area contributed by atoms with Gasteiger partial charge in [0.05, 0.1) is 17.5 Å². The Morgan fingerprint density at radius 3 is 2.82 bits per heavy atom. The molecule has 0 atom stereocenters. The summed E-state index contributed by atoms with van der Waals surface area (Å²) in [5.74, 6) is -0.689. The summed E-state index contributed by atoms with van der Waals surface area (Å²) in [4.78, 5) is 43.3. The van der Waals surface area contributed by atoms with Gasteiger partial charge in [0.2, 0.25) is 5.78 Å². The van der Waals surface area contributed by atoms with Crippen LogP contribution in [-0.4, -0.2) is 41.9 Å². The molecule has 0 unspecified atom stereocenters. The lowest BCUT2D eigenvalue weighted by Crippen LogP contribution is -2.26. The Balaban J connectivity index is 1.77. The smallest absolute Gasteiger partial charge is 0.259 e. The van der Waals surface area contributed by atoms with E-state index in [4.69, 9.17) is 4.74 Å². The Kier molecular flexibility index (Phi) is 6.08. The Bertz CT molecular complexity index is 1100. The quantitative estimate of drug-likeness (QED) is 0.373. The van der Waals surface area contributed by atoms with Gasteiger partial charge in [0.1, 0.15) is 0 Å². The number of benzene rings is 2. The second-order valence-corrected chi connectivity index (χ2v) is 6.00.